The van der Waals surface area contributed by atoms with Gasteiger partial charge in [-0.15, -0.1) is 0 Å². The number of hydrogen-bond donors (Lipinski definition) is 7. The number of ketones is 1. The molecule has 0 heterocycles. The number of hydrogen-bond acceptors (Lipinski definition) is 8. The molecule has 13 heteroatoms. The number of nitrogens with two attached hydrogens (primary N) is 1. The Morgan fingerprint density at radius 2 is 1.41 bits per heavy atom. The third-order valence-electron chi connectivity index (χ3n) is 8.06. The maximum absolute atomic E-state index is 13.6. The van der Waals surface area contributed by atoms with Crippen molar-refractivity contribution in [3.63, 3.8) is 0 Å². The van der Waals surface area contributed by atoms with Crippen LogP contribution in [0, 0.1) is 11.8 Å². The van der Waals surface area contributed by atoms with Gasteiger partial charge in [0.1, 0.15) is 18.2 Å². The Morgan fingerprint density at radius 1 is 0.776 bits per heavy atom. The predicted molar refractivity (Wildman–Crippen MR) is 183 cm³/mol. The molecule has 5 amide bonds. The van der Waals surface area contributed by atoms with Crippen molar-refractivity contribution >= 4 is 35.3 Å². The molecule has 0 saturated carbocycles. The molecule has 2 aromatic carbocycles. The van der Waals surface area contributed by atoms with Gasteiger partial charge in [-0.25, -0.2) is 5.48 Å². The lowest BCUT2D eigenvalue weighted by Gasteiger charge is -2.27. The van der Waals surface area contributed by atoms with Crippen molar-refractivity contribution in [3.8, 4) is 0 Å². The van der Waals surface area contributed by atoms with Crippen molar-refractivity contribution in [1.29, 1.82) is 0 Å². The van der Waals surface area contributed by atoms with E-state index in [2.05, 4.69) is 22.9 Å². The number of benzene rings is 2. The number of aliphatic hydroxyl groups is 1. The van der Waals surface area contributed by atoms with Crippen LogP contribution in [0.4, 0.5) is 0 Å². The maximum Gasteiger partial charge on any atom is 0.272 e. The van der Waals surface area contributed by atoms with E-state index < -0.39 is 47.7 Å². The fourth-order valence-electron chi connectivity index (χ4n) is 5.29. The van der Waals surface area contributed by atoms with Crippen LogP contribution < -0.4 is 27.2 Å². The molecule has 0 aliphatic heterocycles. The van der Waals surface area contributed by atoms with Crippen LogP contribution in [0.25, 0.3) is 0 Å². The summed E-state index contributed by atoms with van der Waals surface area (Å²) in [6.45, 7) is 6.03. The first kappa shape index (κ1) is 40.6. The van der Waals surface area contributed by atoms with E-state index in [4.69, 9.17) is 10.9 Å². The average Bonchev–Trinajstić information content (AvgIpc) is 3.09. The van der Waals surface area contributed by atoms with Crippen molar-refractivity contribution < 1.29 is 39.1 Å². The topological polar surface area (TPSA) is 217 Å². The smallest absolute Gasteiger partial charge is 0.272 e. The molecule has 49 heavy (non-hydrogen) atoms. The fraction of sp³-hybridized carbons (Fsp3) is 0.500. The van der Waals surface area contributed by atoms with Crippen LogP contribution >= 0.6 is 0 Å². The van der Waals surface area contributed by atoms with Crippen LogP contribution in [0.15, 0.2) is 54.6 Å². The molecule has 2 aromatic rings. The van der Waals surface area contributed by atoms with Crippen molar-refractivity contribution in [2.45, 2.75) is 96.7 Å². The zero-order valence-corrected chi connectivity index (χ0v) is 28.6. The van der Waals surface area contributed by atoms with E-state index in [0.29, 0.717) is 42.5 Å². The Bertz CT molecular complexity index is 1380. The number of primary amides is 1. The molecule has 0 aliphatic rings. The zero-order valence-electron chi connectivity index (χ0n) is 28.6. The van der Waals surface area contributed by atoms with Crippen LogP contribution in [-0.4, -0.2) is 70.4 Å². The number of rotatable bonds is 22. The van der Waals surface area contributed by atoms with E-state index in [9.17, 15) is 33.9 Å². The first-order chi connectivity index (χ1) is 23.4. The van der Waals surface area contributed by atoms with Crippen LogP contribution in [0.2, 0.25) is 0 Å². The number of nitrogens with one attached hydrogen (secondary N) is 4. The summed E-state index contributed by atoms with van der Waals surface area (Å²) in [5, 5.41) is 27.6. The maximum atomic E-state index is 13.6. The number of carbonyl (C=O) groups excluding carboxylic acids is 6. The molecule has 1 unspecified atom stereocenters. The van der Waals surface area contributed by atoms with E-state index in [-0.39, 0.29) is 36.9 Å². The summed E-state index contributed by atoms with van der Waals surface area (Å²) in [6.07, 6.45) is 2.56. The van der Waals surface area contributed by atoms with Gasteiger partial charge in [-0.05, 0) is 43.6 Å². The molecule has 0 fully saturated rings. The Balaban J connectivity index is 2.21. The Labute approximate surface area is 287 Å². The number of unbranched alkanes of at least 4 members (excludes halogenated alkanes) is 3. The second-order valence-electron chi connectivity index (χ2n) is 12.6. The summed E-state index contributed by atoms with van der Waals surface area (Å²) < 4.78 is 0. The Hall–Kier alpha value is -4.62. The first-order valence-corrected chi connectivity index (χ1v) is 16.8. The summed E-state index contributed by atoms with van der Waals surface area (Å²) in [4.78, 5) is 76.3. The average molecular weight is 682 g/mol. The molecular weight excluding hydrogens is 630 g/mol. The molecule has 0 radical (unpaired) electrons. The van der Waals surface area contributed by atoms with Crippen molar-refractivity contribution in [3.05, 3.63) is 71.3 Å². The summed E-state index contributed by atoms with van der Waals surface area (Å²) in [5.74, 6) is -5.17. The van der Waals surface area contributed by atoms with Gasteiger partial charge in [0, 0.05) is 30.5 Å². The lowest BCUT2D eigenvalue weighted by molar-refractivity contribution is -0.147. The molecule has 8 N–H and O–H groups in total. The summed E-state index contributed by atoms with van der Waals surface area (Å²) in [6, 6.07) is 12.9. The normalized spacial score (nSPS) is 13.4. The number of amides is 5. The van der Waals surface area contributed by atoms with Gasteiger partial charge in [-0.1, -0.05) is 88.2 Å². The molecule has 0 spiro atoms. The van der Waals surface area contributed by atoms with E-state index in [1.807, 2.05) is 0 Å². The van der Waals surface area contributed by atoms with Crippen LogP contribution in [-0.2, 0) is 30.4 Å². The monoisotopic (exact) mass is 681 g/mol. The van der Waals surface area contributed by atoms with Gasteiger partial charge in [0.2, 0.25) is 23.6 Å². The molecule has 268 valence electrons. The fourth-order valence-corrected chi connectivity index (χ4v) is 5.29. The lowest BCUT2D eigenvalue weighted by Crippen LogP contribution is -2.56. The number of aliphatic hydroxyl groups excluding tert-OH is 1. The minimum Gasteiger partial charge on any atom is -0.382 e. The third-order valence-corrected chi connectivity index (χ3v) is 8.06. The van der Waals surface area contributed by atoms with Gasteiger partial charge in [-0.3, -0.25) is 34.0 Å². The molecule has 13 nitrogen and oxygen atoms in total. The zero-order chi connectivity index (χ0) is 36.3. The van der Waals surface area contributed by atoms with Crippen LogP contribution in [0.3, 0.4) is 0 Å². The third kappa shape index (κ3) is 14.2. The first-order valence-electron chi connectivity index (χ1n) is 16.8. The molecule has 0 saturated heterocycles. The molecule has 2 rings (SSSR count). The molecule has 0 aliphatic carbocycles. The van der Waals surface area contributed by atoms with Crippen molar-refractivity contribution in [2.24, 2.45) is 17.6 Å². The summed E-state index contributed by atoms with van der Waals surface area (Å²) in [7, 11) is 0. The van der Waals surface area contributed by atoms with Gasteiger partial charge in [0.15, 0.2) is 5.78 Å². The van der Waals surface area contributed by atoms with Crippen LogP contribution in [0.1, 0.15) is 93.6 Å². The highest BCUT2D eigenvalue weighted by atomic mass is 16.5. The Morgan fingerprint density at radius 3 is 2.00 bits per heavy atom. The molecule has 0 aromatic heterocycles. The number of carbonyl (C=O) groups is 6. The highest BCUT2D eigenvalue weighted by Crippen LogP contribution is 2.18. The Kier molecular flexibility index (Phi) is 17.7. The summed E-state index contributed by atoms with van der Waals surface area (Å²) in [5.41, 5.74) is 8.46. The molecular formula is C36H51N5O8. The highest BCUT2D eigenvalue weighted by molar-refractivity contribution is 6.09. The van der Waals surface area contributed by atoms with Gasteiger partial charge >= 0.3 is 0 Å². The van der Waals surface area contributed by atoms with Gasteiger partial charge < -0.3 is 26.8 Å². The van der Waals surface area contributed by atoms with Crippen molar-refractivity contribution in [2.75, 3.05) is 6.54 Å². The van der Waals surface area contributed by atoms with E-state index in [1.54, 1.807) is 68.4 Å². The van der Waals surface area contributed by atoms with Crippen LogP contribution in [0.5, 0.6) is 0 Å². The largest absolute Gasteiger partial charge is 0.382 e. The SMILES string of the molecule is CCCCCC(=O)NCCCCC(NC(=O)[C@H](Cc1ccc(C(=O)c2ccccc2)cc1)NC(=O)[C@H](CC(C)C)[C@H](O)C(=O)NO)C(N)=O. The van der Waals surface area contributed by atoms with E-state index in [1.165, 1.54) is 5.48 Å². The lowest BCUT2D eigenvalue weighted by atomic mass is 9.90. The molecule has 4 atom stereocenters. The van der Waals surface area contributed by atoms with E-state index in [0.717, 1.165) is 19.3 Å². The molecule has 0 bridgehead atoms. The van der Waals surface area contributed by atoms with E-state index >= 15 is 0 Å². The minimum absolute atomic E-state index is 0.0402. The number of hydroxylamine groups is 1. The van der Waals surface area contributed by atoms with Crippen molar-refractivity contribution in [1.82, 2.24) is 21.4 Å². The minimum atomic E-state index is -1.90. The standard InChI is InChI=1S/C36H51N5O8/c1-4-5-7-15-30(42)38-20-11-10-14-28(33(37)45)39-35(47)29(40-34(46)27(21-23(2)3)32(44)36(48)41-49)22-24-16-18-26(19-17-24)31(43)25-12-8-6-9-13-25/h6,8-9,12-13,16-19,23,27-29,32,44,49H,4-5,7,10-11,14-15,20-22H2,1-3H3,(H2,37,45)(H,38,42)(H,39,47)(H,40,46)(H,41,48)/t27-,28?,29+,32+/m1/s1. The van der Waals surface area contributed by atoms with Gasteiger partial charge in [0.05, 0.1) is 5.92 Å². The second-order valence-corrected chi connectivity index (χ2v) is 12.6. The second kappa shape index (κ2) is 21.4. The van der Waals surface area contributed by atoms with Gasteiger partial charge in [-0.2, -0.15) is 0 Å². The summed E-state index contributed by atoms with van der Waals surface area (Å²) >= 11 is 0. The quantitative estimate of drug-likeness (QED) is 0.0422. The predicted octanol–water partition coefficient (Wildman–Crippen LogP) is 2.31. The highest BCUT2D eigenvalue weighted by Gasteiger charge is 2.35. The van der Waals surface area contributed by atoms with Gasteiger partial charge in [0.25, 0.3) is 5.91 Å².